The standard InChI is InChI=1S/C9H11BrN2/c10-9-3-1-2-8(12-9)7-4-5-11-6-7/h1-3,7,11H,4-6H2. The molecule has 0 bridgehead atoms. The average molecular weight is 227 g/mol. The van der Waals surface area contributed by atoms with Gasteiger partial charge in [0.05, 0.1) is 0 Å². The third-order valence-electron chi connectivity index (χ3n) is 2.22. The lowest BCUT2D eigenvalue weighted by atomic mass is 10.0. The summed E-state index contributed by atoms with van der Waals surface area (Å²) in [5, 5.41) is 3.33. The average Bonchev–Trinajstić information content (AvgIpc) is 2.56. The zero-order chi connectivity index (χ0) is 8.39. The third-order valence-corrected chi connectivity index (χ3v) is 2.66. The maximum Gasteiger partial charge on any atom is 0.106 e. The molecule has 1 aromatic heterocycles. The summed E-state index contributed by atoms with van der Waals surface area (Å²) in [6.45, 7) is 2.20. The van der Waals surface area contributed by atoms with Crippen LogP contribution in [-0.4, -0.2) is 18.1 Å². The van der Waals surface area contributed by atoms with E-state index < -0.39 is 0 Å². The monoisotopic (exact) mass is 226 g/mol. The first-order valence-electron chi connectivity index (χ1n) is 4.19. The van der Waals surface area contributed by atoms with Crippen molar-refractivity contribution in [2.24, 2.45) is 0 Å². The molecule has 0 aromatic carbocycles. The number of hydrogen-bond acceptors (Lipinski definition) is 2. The molecule has 1 aromatic rings. The molecule has 0 amide bonds. The van der Waals surface area contributed by atoms with E-state index in [1.807, 2.05) is 12.1 Å². The second kappa shape index (κ2) is 3.54. The lowest BCUT2D eigenvalue weighted by molar-refractivity contribution is 0.732. The quantitative estimate of drug-likeness (QED) is 0.741. The van der Waals surface area contributed by atoms with E-state index >= 15 is 0 Å². The molecule has 0 aliphatic carbocycles. The number of nitrogens with one attached hydrogen (secondary N) is 1. The molecule has 2 nitrogen and oxygen atoms in total. The van der Waals surface area contributed by atoms with E-state index in [9.17, 15) is 0 Å². The summed E-state index contributed by atoms with van der Waals surface area (Å²) < 4.78 is 0.937. The highest BCUT2D eigenvalue weighted by molar-refractivity contribution is 9.10. The van der Waals surface area contributed by atoms with Gasteiger partial charge in [-0.15, -0.1) is 0 Å². The lowest BCUT2D eigenvalue weighted by Gasteiger charge is -2.06. The number of rotatable bonds is 1. The lowest BCUT2D eigenvalue weighted by Crippen LogP contribution is -2.08. The Morgan fingerprint density at radius 2 is 2.42 bits per heavy atom. The smallest absolute Gasteiger partial charge is 0.106 e. The second-order valence-electron chi connectivity index (χ2n) is 3.07. The van der Waals surface area contributed by atoms with Crippen molar-refractivity contribution in [3.05, 3.63) is 28.5 Å². The molecule has 1 aliphatic rings. The number of halogens is 1. The van der Waals surface area contributed by atoms with Crippen LogP contribution in [0.4, 0.5) is 0 Å². The molecule has 64 valence electrons. The SMILES string of the molecule is Brc1cccc(C2CCNC2)n1. The van der Waals surface area contributed by atoms with Gasteiger partial charge in [0.1, 0.15) is 4.60 Å². The summed E-state index contributed by atoms with van der Waals surface area (Å²) in [6, 6.07) is 6.11. The van der Waals surface area contributed by atoms with Crippen LogP contribution in [0.5, 0.6) is 0 Å². The predicted molar refractivity (Wildman–Crippen MR) is 52.2 cm³/mol. The van der Waals surface area contributed by atoms with Crippen LogP contribution >= 0.6 is 15.9 Å². The Morgan fingerprint density at radius 3 is 3.08 bits per heavy atom. The van der Waals surface area contributed by atoms with Gasteiger partial charge in [0, 0.05) is 18.2 Å². The Balaban J connectivity index is 2.21. The van der Waals surface area contributed by atoms with E-state index in [4.69, 9.17) is 0 Å². The van der Waals surface area contributed by atoms with E-state index in [1.54, 1.807) is 0 Å². The van der Waals surface area contributed by atoms with Crippen LogP contribution in [0.3, 0.4) is 0 Å². The van der Waals surface area contributed by atoms with Crippen LogP contribution in [0.1, 0.15) is 18.0 Å². The van der Waals surface area contributed by atoms with Crippen LogP contribution in [0.2, 0.25) is 0 Å². The molecule has 1 fully saturated rings. The highest BCUT2D eigenvalue weighted by Crippen LogP contribution is 2.21. The van der Waals surface area contributed by atoms with Gasteiger partial charge in [0.2, 0.25) is 0 Å². The highest BCUT2D eigenvalue weighted by Gasteiger charge is 2.17. The molecule has 0 saturated carbocycles. The molecule has 12 heavy (non-hydrogen) atoms. The molecule has 1 atom stereocenters. The van der Waals surface area contributed by atoms with E-state index in [0.29, 0.717) is 5.92 Å². The van der Waals surface area contributed by atoms with Gasteiger partial charge in [0.15, 0.2) is 0 Å². The Kier molecular flexibility index (Phi) is 2.42. The largest absolute Gasteiger partial charge is 0.316 e. The first-order chi connectivity index (χ1) is 5.86. The van der Waals surface area contributed by atoms with E-state index in [-0.39, 0.29) is 0 Å². The summed E-state index contributed by atoms with van der Waals surface area (Å²) in [7, 11) is 0. The predicted octanol–water partition coefficient (Wildman–Crippen LogP) is 1.92. The van der Waals surface area contributed by atoms with Crippen molar-refractivity contribution in [2.75, 3.05) is 13.1 Å². The van der Waals surface area contributed by atoms with Crippen LogP contribution < -0.4 is 5.32 Å². The first kappa shape index (κ1) is 8.20. The fraction of sp³-hybridized carbons (Fsp3) is 0.444. The van der Waals surface area contributed by atoms with Crippen LogP contribution in [0.25, 0.3) is 0 Å². The van der Waals surface area contributed by atoms with Crippen LogP contribution in [0.15, 0.2) is 22.8 Å². The van der Waals surface area contributed by atoms with Crippen molar-refractivity contribution in [1.82, 2.24) is 10.3 Å². The van der Waals surface area contributed by atoms with Gasteiger partial charge in [-0.25, -0.2) is 4.98 Å². The minimum Gasteiger partial charge on any atom is -0.316 e. The van der Waals surface area contributed by atoms with Crippen molar-refractivity contribution in [3.8, 4) is 0 Å². The molecule has 2 rings (SSSR count). The van der Waals surface area contributed by atoms with Gasteiger partial charge in [-0.3, -0.25) is 0 Å². The molecule has 1 aliphatic heterocycles. The van der Waals surface area contributed by atoms with Gasteiger partial charge < -0.3 is 5.32 Å². The van der Waals surface area contributed by atoms with Crippen molar-refractivity contribution in [1.29, 1.82) is 0 Å². The number of hydrogen-bond donors (Lipinski definition) is 1. The van der Waals surface area contributed by atoms with Gasteiger partial charge >= 0.3 is 0 Å². The summed E-state index contributed by atoms with van der Waals surface area (Å²) in [4.78, 5) is 4.43. The Bertz CT molecular complexity index is 269. The fourth-order valence-electron chi connectivity index (χ4n) is 1.56. The molecular weight excluding hydrogens is 216 g/mol. The Morgan fingerprint density at radius 1 is 1.50 bits per heavy atom. The van der Waals surface area contributed by atoms with Crippen molar-refractivity contribution in [2.45, 2.75) is 12.3 Å². The first-order valence-corrected chi connectivity index (χ1v) is 4.99. The summed E-state index contributed by atoms with van der Waals surface area (Å²) in [5.74, 6) is 0.613. The summed E-state index contributed by atoms with van der Waals surface area (Å²) in [6.07, 6.45) is 1.21. The van der Waals surface area contributed by atoms with Crippen LogP contribution in [0, 0.1) is 0 Å². The minimum absolute atomic E-state index is 0.613. The van der Waals surface area contributed by atoms with E-state index in [2.05, 4.69) is 32.3 Å². The molecular formula is C9H11BrN2. The zero-order valence-electron chi connectivity index (χ0n) is 6.76. The van der Waals surface area contributed by atoms with Gasteiger partial charge in [-0.05, 0) is 41.0 Å². The normalized spacial score (nSPS) is 22.9. The number of pyridine rings is 1. The second-order valence-corrected chi connectivity index (χ2v) is 3.89. The van der Waals surface area contributed by atoms with Gasteiger partial charge in [0.25, 0.3) is 0 Å². The maximum absolute atomic E-state index is 4.43. The fourth-order valence-corrected chi connectivity index (χ4v) is 1.92. The molecule has 0 spiro atoms. The third kappa shape index (κ3) is 1.67. The topological polar surface area (TPSA) is 24.9 Å². The van der Waals surface area contributed by atoms with E-state index in [1.165, 1.54) is 12.1 Å². The van der Waals surface area contributed by atoms with Crippen molar-refractivity contribution >= 4 is 15.9 Å². The minimum atomic E-state index is 0.613. The number of aromatic nitrogens is 1. The maximum atomic E-state index is 4.43. The van der Waals surface area contributed by atoms with Gasteiger partial charge in [-0.1, -0.05) is 6.07 Å². The Labute approximate surface area is 80.5 Å². The van der Waals surface area contributed by atoms with Crippen molar-refractivity contribution in [3.63, 3.8) is 0 Å². The Hall–Kier alpha value is -0.410. The molecule has 1 unspecified atom stereocenters. The molecule has 0 radical (unpaired) electrons. The molecule has 1 N–H and O–H groups in total. The highest BCUT2D eigenvalue weighted by atomic mass is 79.9. The van der Waals surface area contributed by atoms with Crippen LogP contribution in [-0.2, 0) is 0 Å². The molecule has 2 heterocycles. The summed E-state index contributed by atoms with van der Waals surface area (Å²) >= 11 is 3.38. The summed E-state index contributed by atoms with van der Waals surface area (Å²) in [5.41, 5.74) is 1.20. The van der Waals surface area contributed by atoms with Gasteiger partial charge in [-0.2, -0.15) is 0 Å². The molecule has 1 saturated heterocycles. The van der Waals surface area contributed by atoms with E-state index in [0.717, 1.165) is 17.7 Å². The zero-order valence-corrected chi connectivity index (χ0v) is 8.34. The van der Waals surface area contributed by atoms with Crippen molar-refractivity contribution < 1.29 is 0 Å². The number of nitrogens with zero attached hydrogens (tertiary/aromatic N) is 1. The molecule has 3 heteroatoms.